The van der Waals surface area contributed by atoms with Gasteiger partial charge in [0.1, 0.15) is 0 Å². The first-order valence-corrected chi connectivity index (χ1v) is 10.3. The van der Waals surface area contributed by atoms with Crippen molar-refractivity contribution in [2.24, 2.45) is 22.5 Å². The van der Waals surface area contributed by atoms with E-state index in [2.05, 4.69) is 0 Å². The lowest BCUT2D eigenvalue weighted by Gasteiger charge is -2.29. The average Bonchev–Trinajstić information content (AvgIpc) is 3.15. The molecule has 1 atom stereocenters. The van der Waals surface area contributed by atoms with Crippen molar-refractivity contribution in [3.63, 3.8) is 0 Å². The quantitative estimate of drug-likeness (QED) is 0.500. The van der Waals surface area contributed by atoms with Crippen LogP contribution in [0.5, 0.6) is 0 Å². The Morgan fingerprint density at radius 3 is 2.24 bits per heavy atom. The molecule has 1 aliphatic rings. The summed E-state index contributed by atoms with van der Waals surface area (Å²) in [6.45, 7) is 4.78. The highest BCUT2D eigenvalue weighted by molar-refractivity contribution is 5.82. The fourth-order valence-corrected chi connectivity index (χ4v) is 3.84. The van der Waals surface area contributed by atoms with Crippen LogP contribution in [-0.4, -0.2) is 24.6 Å². The Kier molecular flexibility index (Phi) is 7.82. The van der Waals surface area contributed by atoms with Gasteiger partial charge in [0.15, 0.2) is 0 Å². The Hall–Kier alpha value is -2.37. The first-order valence-electron chi connectivity index (χ1n) is 10.3. The predicted molar refractivity (Wildman–Crippen MR) is 109 cm³/mol. The summed E-state index contributed by atoms with van der Waals surface area (Å²) in [5.74, 6) is -1.70. The number of hydrogen-bond acceptors (Lipinski definition) is 5. The average molecular weight is 404 g/mol. The summed E-state index contributed by atoms with van der Waals surface area (Å²) in [4.78, 5) is 36.8. The third-order valence-electron chi connectivity index (χ3n) is 5.68. The van der Waals surface area contributed by atoms with Crippen LogP contribution in [0.3, 0.4) is 0 Å². The number of amides is 1. The van der Waals surface area contributed by atoms with E-state index in [-0.39, 0.29) is 5.91 Å². The zero-order valence-electron chi connectivity index (χ0n) is 17.7. The molecule has 0 aromatic heterocycles. The van der Waals surface area contributed by atoms with Crippen molar-refractivity contribution in [2.45, 2.75) is 65.7 Å². The minimum Gasteiger partial charge on any atom is -0.428 e. The number of aryl methyl sites for hydroxylation is 1. The molecule has 1 amide bonds. The Balaban J connectivity index is 2.03. The molecule has 1 fully saturated rings. The van der Waals surface area contributed by atoms with Crippen molar-refractivity contribution >= 4 is 17.8 Å². The van der Waals surface area contributed by atoms with Gasteiger partial charge in [-0.25, -0.2) is 0 Å². The highest BCUT2D eigenvalue weighted by Crippen LogP contribution is 2.44. The zero-order chi connectivity index (χ0) is 21.5. The lowest BCUT2D eigenvalue weighted by atomic mass is 9.75. The number of carbonyl (C=O) groups is 3. The highest BCUT2D eigenvalue weighted by Gasteiger charge is 2.43. The van der Waals surface area contributed by atoms with E-state index in [9.17, 15) is 14.4 Å². The van der Waals surface area contributed by atoms with Crippen molar-refractivity contribution in [3.8, 4) is 0 Å². The summed E-state index contributed by atoms with van der Waals surface area (Å²) in [7, 11) is 0. The molecule has 1 aromatic carbocycles. The Morgan fingerprint density at radius 1 is 1.07 bits per heavy atom. The molecule has 0 heterocycles. The molecular formula is C23H33NO5. The van der Waals surface area contributed by atoms with E-state index in [0.717, 1.165) is 18.4 Å². The van der Waals surface area contributed by atoms with Gasteiger partial charge in [0, 0.05) is 5.41 Å². The van der Waals surface area contributed by atoms with Crippen LogP contribution in [0, 0.1) is 16.7 Å². The molecule has 6 nitrogen and oxygen atoms in total. The van der Waals surface area contributed by atoms with Crippen molar-refractivity contribution in [2.75, 3.05) is 6.79 Å². The topological polar surface area (TPSA) is 95.7 Å². The molecule has 0 bridgehead atoms. The summed E-state index contributed by atoms with van der Waals surface area (Å²) in [6.07, 6.45) is 4.90. The van der Waals surface area contributed by atoms with Gasteiger partial charge in [-0.1, -0.05) is 43.2 Å². The molecule has 1 aromatic rings. The van der Waals surface area contributed by atoms with Crippen LogP contribution in [0.15, 0.2) is 30.3 Å². The molecule has 1 aliphatic carbocycles. The minimum atomic E-state index is -0.668. The normalized spacial score (nSPS) is 16.8. The van der Waals surface area contributed by atoms with E-state index < -0.39 is 35.5 Å². The van der Waals surface area contributed by atoms with E-state index >= 15 is 0 Å². The van der Waals surface area contributed by atoms with Gasteiger partial charge in [0.2, 0.25) is 12.7 Å². The van der Waals surface area contributed by atoms with E-state index in [4.69, 9.17) is 15.2 Å². The van der Waals surface area contributed by atoms with Crippen LogP contribution < -0.4 is 5.73 Å². The second-order valence-corrected chi connectivity index (χ2v) is 9.04. The summed E-state index contributed by atoms with van der Waals surface area (Å²) in [5, 5.41) is 0. The molecule has 0 spiro atoms. The number of rotatable bonds is 9. The number of hydrogen-bond donors (Lipinski definition) is 1. The van der Waals surface area contributed by atoms with Crippen molar-refractivity contribution in [1.29, 1.82) is 0 Å². The number of benzene rings is 1. The molecule has 1 saturated carbocycles. The Bertz CT molecular complexity index is 702. The molecule has 29 heavy (non-hydrogen) atoms. The summed E-state index contributed by atoms with van der Waals surface area (Å²) in [6, 6.07) is 9.87. The maximum absolute atomic E-state index is 12.8. The summed E-state index contributed by atoms with van der Waals surface area (Å²) in [5.41, 5.74) is 5.51. The van der Waals surface area contributed by atoms with Crippen LogP contribution in [0.25, 0.3) is 0 Å². The van der Waals surface area contributed by atoms with Crippen molar-refractivity contribution in [3.05, 3.63) is 35.9 Å². The SMILES string of the molecule is CC(C)(C)C(=O)OCOC(=O)C(CCc1ccccc1)CC1(C(N)=O)CCCC1. The molecule has 2 rings (SSSR count). The number of ether oxygens (including phenoxy) is 2. The molecule has 160 valence electrons. The molecule has 0 radical (unpaired) electrons. The van der Waals surface area contributed by atoms with E-state index in [0.29, 0.717) is 32.1 Å². The fourth-order valence-electron chi connectivity index (χ4n) is 3.84. The summed E-state index contributed by atoms with van der Waals surface area (Å²) >= 11 is 0. The Labute approximate surface area is 173 Å². The lowest BCUT2D eigenvalue weighted by Crippen LogP contribution is -2.38. The van der Waals surface area contributed by atoms with Crippen LogP contribution in [-0.2, 0) is 30.3 Å². The van der Waals surface area contributed by atoms with Crippen molar-refractivity contribution < 1.29 is 23.9 Å². The molecule has 6 heteroatoms. The first-order chi connectivity index (χ1) is 13.6. The van der Waals surface area contributed by atoms with Gasteiger partial charge in [-0.05, 0) is 58.4 Å². The van der Waals surface area contributed by atoms with Gasteiger partial charge in [-0.15, -0.1) is 0 Å². The standard InChI is InChI=1S/C23H33NO5/c1-22(2,3)21(27)29-16-28-19(25)18(12-11-17-9-5-4-6-10-17)15-23(20(24)26)13-7-8-14-23/h4-6,9-10,18H,7-8,11-16H2,1-3H3,(H2,24,26). The van der Waals surface area contributed by atoms with Crippen LogP contribution >= 0.6 is 0 Å². The van der Waals surface area contributed by atoms with Gasteiger partial charge in [-0.2, -0.15) is 0 Å². The van der Waals surface area contributed by atoms with Crippen LogP contribution in [0.2, 0.25) is 0 Å². The molecule has 0 saturated heterocycles. The number of esters is 2. The van der Waals surface area contributed by atoms with Crippen LogP contribution in [0.4, 0.5) is 0 Å². The molecule has 1 unspecified atom stereocenters. The molecule has 0 aliphatic heterocycles. The van der Waals surface area contributed by atoms with E-state index in [1.807, 2.05) is 30.3 Å². The molecule has 2 N–H and O–H groups in total. The zero-order valence-corrected chi connectivity index (χ0v) is 17.7. The second-order valence-electron chi connectivity index (χ2n) is 9.04. The largest absolute Gasteiger partial charge is 0.428 e. The van der Waals surface area contributed by atoms with Gasteiger partial charge < -0.3 is 15.2 Å². The maximum Gasteiger partial charge on any atom is 0.314 e. The van der Waals surface area contributed by atoms with Crippen LogP contribution in [0.1, 0.15) is 64.9 Å². The predicted octanol–water partition coefficient (Wildman–Crippen LogP) is 3.76. The van der Waals surface area contributed by atoms with Crippen molar-refractivity contribution in [1.82, 2.24) is 0 Å². The monoisotopic (exact) mass is 403 g/mol. The maximum atomic E-state index is 12.8. The number of primary amides is 1. The number of nitrogens with two attached hydrogens (primary N) is 1. The highest BCUT2D eigenvalue weighted by atomic mass is 16.7. The third kappa shape index (κ3) is 6.58. The smallest absolute Gasteiger partial charge is 0.314 e. The van der Waals surface area contributed by atoms with Gasteiger partial charge in [0.05, 0.1) is 11.3 Å². The summed E-state index contributed by atoms with van der Waals surface area (Å²) < 4.78 is 10.3. The first kappa shape index (κ1) is 22.9. The molecular weight excluding hydrogens is 370 g/mol. The van der Waals surface area contributed by atoms with E-state index in [1.54, 1.807) is 20.8 Å². The van der Waals surface area contributed by atoms with Gasteiger partial charge in [-0.3, -0.25) is 14.4 Å². The lowest BCUT2D eigenvalue weighted by molar-refractivity contribution is -0.176. The fraction of sp³-hybridized carbons (Fsp3) is 0.609. The number of carbonyl (C=O) groups excluding carboxylic acids is 3. The van der Waals surface area contributed by atoms with Gasteiger partial charge in [0.25, 0.3) is 0 Å². The van der Waals surface area contributed by atoms with Gasteiger partial charge >= 0.3 is 11.9 Å². The minimum absolute atomic E-state index is 0.341. The van der Waals surface area contributed by atoms with E-state index in [1.165, 1.54) is 0 Å². The Morgan fingerprint density at radius 2 is 1.69 bits per heavy atom. The third-order valence-corrected chi connectivity index (χ3v) is 5.68. The second kappa shape index (κ2) is 9.90.